The first-order valence-electron chi connectivity index (χ1n) is 3.60. The highest BCUT2D eigenvalue weighted by Gasteiger charge is 2.28. The van der Waals surface area contributed by atoms with E-state index in [-0.39, 0.29) is 6.54 Å². The standard InChI is InChI=1S/C6H10BF3N/c1-6(7(8,9)10)5-11-3-2-4-11/h1-5H2/q-1. The smallest absolute Gasteiger partial charge is 0.445 e. The highest BCUT2D eigenvalue weighted by atomic mass is 19.4. The van der Waals surface area contributed by atoms with Gasteiger partial charge in [0.25, 0.3) is 0 Å². The van der Waals surface area contributed by atoms with Crippen LogP contribution in [0.25, 0.3) is 0 Å². The lowest BCUT2D eigenvalue weighted by atomic mass is 9.80. The molecule has 64 valence electrons. The first-order valence-corrected chi connectivity index (χ1v) is 3.60. The van der Waals surface area contributed by atoms with Crippen molar-refractivity contribution >= 4 is 6.98 Å². The van der Waals surface area contributed by atoms with Crippen LogP contribution in [-0.2, 0) is 0 Å². The quantitative estimate of drug-likeness (QED) is 0.573. The zero-order valence-electron chi connectivity index (χ0n) is 6.19. The van der Waals surface area contributed by atoms with Gasteiger partial charge in [0, 0.05) is 0 Å². The fourth-order valence-corrected chi connectivity index (χ4v) is 0.931. The van der Waals surface area contributed by atoms with Crippen LogP contribution in [0.5, 0.6) is 0 Å². The van der Waals surface area contributed by atoms with Gasteiger partial charge in [0.2, 0.25) is 0 Å². The Morgan fingerprint density at radius 3 is 2.18 bits per heavy atom. The molecule has 0 saturated carbocycles. The second kappa shape index (κ2) is 2.89. The van der Waals surface area contributed by atoms with E-state index in [0.29, 0.717) is 0 Å². The average molecular weight is 164 g/mol. The lowest BCUT2D eigenvalue weighted by Gasteiger charge is -2.33. The normalized spacial score (nSPS) is 19.5. The predicted molar refractivity (Wildman–Crippen MR) is 39.3 cm³/mol. The highest BCUT2D eigenvalue weighted by Crippen LogP contribution is 2.20. The van der Waals surface area contributed by atoms with Crippen molar-refractivity contribution in [3.63, 3.8) is 0 Å². The van der Waals surface area contributed by atoms with Gasteiger partial charge in [0.15, 0.2) is 0 Å². The van der Waals surface area contributed by atoms with Crippen molar-refractivity contribution in [1.82, 2.24) is 4.90 Å². The van der Waals surface area contributed by atoms with Crippen molar-refractivity contribution < 1.29 is 12.9 Å². The minimum absolute atomic E-state index is 0.00347. The van der Waals surface area contributed by atoms with Crippen LogP contribution >= 0.6 is 0 Å². The van der Waals surface area contributed by atoms with Crippen LogP contribution in [0.4, 0.5) is 12.9 Å². The minimum Gasteiger partial charge on any atom is -0.445 e. The first kappa shape index (κ1) is 8.65. The van der Waals surface area contributed by atoms with E-state index in [9.17, 15) is 12.9 Å². The van der Waals surface area contributed by atoms with Crippen molar-refractivity contribution in [2.45, 2.75) is 6.42 Å². The lowest BCUT2D eigenvalue weighted by Crippen LogP contribution is -2.41. The van der Waals surface area contributed by atoms with E-state index in [1.54, 1.807) is 4.90 Å². The van der Waals surface area contributed by atoms with Crippen LogP contribution in [0.15, 0.2) is 12.1 Å². The number of rotatable bonds is 3. The van der Waals surface area contributed by atoms with Crippen LogP contribution in [0, 0.1) is 0 Å². The zero-order valence-corrected chi connectivity index (χ0v) is 6.19. The number of hydrogen-bond acceptors (Lipinski definition) is 1. The third kappa shape index (κ3) is 2.25. The van der Waals surface area contributed by atoms with Gasteiger partial charge in [-0.25, -0.2) is 0 Å². The van der Waals surface area contributed by atoms with Gasteiger partial charge in [-0.15, -0.1) is 12.1 Å². The van der Waals surface area contributed by atoms with Crippen LogP contribution in [0.2, 0.25) is 0 Å². The molecular weight excluding hydrogens is 154 g/mol. The molecule has 1 aliphatic heterocycles. The van der Waals surface area contributed by atoms with Crippen molar-refractivity contribution in [3.8, 4) is 0 Å². The van der Waals surface area contributed by atoms with E-state index in [2.05, 4.69) is 6.58 Å². The molecule has 1 heterocycles. The fraction of sp³-hybridized carbons (Fsp3) is 0.667. The summed E-state index contributed by atoms with van der Waals surface area (Å²) in [4.78, 5) is 1.75. The number of nitrogens with zero attached hydrogens (tertiary/aromatic N) is 1. The third-order valence-electron chi connectivity index (χ3n) is 1.84. The van der Waals surface area contributed by atoms with E-state index in [4.69, 9.17) is 0 Å². The molecule has 0 radical (unpaired) electrons. The number of likely N-dealkylation sites (tertiary alicyclic amines) is 1. The second-order valence-corrected chi connectivity index (χ2v) is 2.86. The van der Waals surface area contributed by atoms with E-state index < -0.39 is 12.4 Å². The molecule has 0 N–H and O–H groups in total. The molecule has 1 aliphatic rings. The Hall–Kier alpha value is -0.445. The van der Waals surface area contributed by atoms with Gasteiger partial charge in [0.05, 0.1) is 0 Å². The molecule has 0 spiro atoms. The molecule has 0 bridgehead atoms. The van der Waals surface area contributed by atoms with Gasteiger partial charge in [0.1, 0.15) is 0 Å². The Morgan fingerprint density at radius 2 is 1.91 bits per heavy atom. The fourth-order valence-electron chi connectivity index (χ4n) is 0.931. The topological polar surface area (TPSA) is 3.24 Å². The van der Waals surface area contributed by atoms with Crippen molar-refractivity contribution in [2.24, 2.45) is 0 Å². The van der Waals surface area contributed by atoms with Crippen LogP contribution < -0.4 is 0 Å². The Balaban J connectivity index is 2.30. The van der Waals surface area contributed by atoms with Gasteiger partial charge in [-0.05, 0) is 26.1 Å². The van der Waals surface area contributed by atoms with Crippen molar-refractivity contribution in [2.75, 3.05) is 19.6 Å². The third-order valence-corrected chi connectivity index (χ3v) is 1.84. The summed E-state index contributed by atoms with van der Waals surface area (Å²) in [7, 11) is 0. The average Bonchev–Trinajstić information content (AvgIpc) is 1.75. The molecule has 0 aromatic heterocycles. The summed E-state index contributed by atoms with van der Waals surface area (Å²) in [5, 5.41) is 0. The van der Waals surface area contributed by atoms with Crippen molar-refractivity contribution in [3.05, 3.63) is 12.1 Å². The molecule has 1 saturated heterocycles. The van der Waals surface area contributed by atoms with Gasteiger partial charge in [-0.3, -0.25) is 0 Å². The molecule has 0 unspecified atom stereocenters. The monoisotopic (exact) mass is 164 g/mol. The Labute approximate surface area is 63.9 Å². The summed E-state index contributed by atoms with van der Waals surface area (Å²) in [6.45, 7) is -0.233. The zero-order chi connectivity index (χ0) is 8.48. The maximum atomic E-state index is 11.9. The van der Waals surface area contributed by atoms with Crippen LogP contribution in [-0.4, -0.2) is 31.5 Å². The first-order chi connectivity index (χ1) is 5.00. The molecule has 0 amide bonds. The van der Waals surface area contributed by atoms with Gasteiger partial charge < -0.3 is 17.8 Å². The maximum absolute atomic E-state index is 11.9. The summed E-state index contributed by atoms with van der Waals surface area (Å²) < 4.78 is 35.7. The molecular formula is C6H10BF3N-. The van der Waals surface area contributed by atoms with Crippen LogP contribution in [0.3, 0.4) is 0 Å². The van der Waals surface area contributed by atoms with Gasteiger partial charge >= 0.3 is 6.98 Å². The maximum Gasteiger partial charge on any atom is 0.506 e. The molecule has 0 atom stereocenters. The molecule has 11 heavy (non-hydrogen) atoms. The number of halogens is 3. The highest BCUT2D eigenvalue weighted by molar-refractivity contribution is 6.66. The molecule has 1 rings (SSSR count). The molecule has 0 aromatic carbocycles. The van der Waals surface area contributed by atoms with Crippen molar-refractivity contribution in [1.29, 1.82) is 0 Å². The summed E-state index contributed by atoms with van der Waals surface area (Å²) in [5.74, 6) is 0. The molecule has 1 nitrogen and oxygen atoms in total. The summed E-state index contributed by atoms with van der Waals surface area (Å²) in [6.07, 6.45) is 1.01. The van der Waals surface area contributed by atoms with E-state index >= 15 is 0 Å². The Bertz CT molecular complexity index is 162. The SMILES string of the molecule is C=C(CN1CCC1)[B-](F)(F)F. The second-order valence-electron chi connectivity index (χ2n) is 2.86. The van der Waals surface area contributed by atoms with Gasteiger partial charge in [-0.1, -0.05) is 0 Å². The largest absolute Gasteiger partial charge is 0.506 e. The molecule has 0 aromatic rings. The van der Waals surface area contributed by atoms with E-state index in [0.717, 1.165) is 19.5 Å². The minimum atomic E-state index is -4.81. The van der Waals surface area contributed by atoms with E-state index in [1.165, 1.54) is 0 Å². The van der Waals surface area contributed by atoms with E-state index in [1.807, 2.05) is 0 Å². The summed E-state index contributed by atoms with van der Waals surface area (Å²) in [6, 6.07) is 0. The Morgan fingerprint density at radius 1 is 1.36 bits per heavy atom. The molecule has 0 aliphatic carbocycles. The molecule has 1 fully saturated rings. The number of hydrogen-bond donors (Lipinski definition) is 0. The predicted octanol–water partition coefficient (Wildman–Crippen LogP) is 1.63. The lowest BCUT2D eigenvalue weighted by molar-refractivity contribution is 0.198. The van der Waals surface area contributed by atoms with Gasteiger partial charge in [-0.2, -0.15) is 0 Å². The Kier molecular flexibility index (Phi) is 2.27. The van der Waals surface area contributed by atoms with Crippen LogP contribution in [0.1, 0.15) is 6.42 Å². The molecule has 5 heteroatoms. The summed E-state index contributed by atoms with van der Waals surface area (Å²) in [5.41, 5.74) is -0.579. The summed E-state index contributed by atoms with van der Waals surface area (Å²) >= 11 is 0.